The molecule has 0 unspecified atom stereocenters. The summed E-state index contributed by atoms with van der Waals surface area (Å²) in [6.45, 7) is 1.33. The van der Waals surface area contributed by atoms with Gasteiger partial charge in [-0.3, -0.25) is 19.7 Å². The van der Waals surface area contributed by atoms with Crippen molar-refractivity contribution in [2.75, 3.05) is 5.32 Å². The number of alkyl halides is 3. The molecule has 0 spiro atoms. The Balaban J connectivity index is 2.04. The quantitative estimate of drug-likeness (QED) is 0.612. The summed E-state index contributed by atoms with van der Waals surface area (Å²) in [7, 11) is 0. The summed E-state index contributed by atoms with van der Waals surface area (Å²) in [5.41, 5.74) is -1.31. The van der Waals surface area contributed by atoms with Crippen LogP contribution in [-0.2, 0) is 11.0 Å². The van der Waals surface area contributed by atoms with E-state index in [1.54, 1.807) is 0 Å². The lowest BCUT2D eigenvalue weighted by atomic mass is 10.1. The molecular weight excluding hydrogens is 367 g/mol. The fourth-order valence-electron chi connectivity index (χ4n) is 2.13. The molecule has 0 heterocycles. The van der Waals surface area contributed by atoms with Crippen molar-refractivity contribution >= 4 is 23.2 Å². The first-order valence-electron chi connectivity index (χ1n) is 7.61. The highest BCUT2D eigenvalue weighted by Crippen LogP contribution is 2.30. The molecule has 2 N–H and O–H groups in total. The van der Waals surface area contributed by atoms with Crippen LogP contribution in [0.4, 0.5) is 24.5 Å². The summed E-state index contributed by atoms with van der Waals surface area (Å²) in [5.74, 6) is -1.47. The maximum Gasteiger partial charge on any atom is 0.416 e. The number of carbonyl (C=O) groups is 2. The third kappa shape index (κ3) is 5.27. The van der Waals surface area contributed by atoms with Crippen molar-refractivity contribution in [3.8, 4) is 0 Å². The first kappa shape index (κ1) is 19.9. The normalized spacial score (nSPS) is 12.1. The van der Waals surface area contributed by atoms with Crippen LogP contribution in [-0.4, -0.2) is 22.8 Å². The lowest BCUT2D eigenvalue weighted by molar-refractivity contribution is -0.384. The highest BCUT2D eigenvalue weighted by atomic mass is 19.4. The van der Waals surface area contributed by atoms with Gasteiger partial charge in [0.2, 0.25) is 5.91 Å². The summed E-state index contributed by atoms with van der Waals surface area (Å²) < 4.78 is 38.1. The van der Waals surface area contributed by atoms with Gasteiger partial charge in [-0.25, -0.2) is 0 Å². The lowest BCUT2D eigenvalue weighted by Gasteiger charge is -2.15. The summed E-state index contributed by atoms with van der Waals surface area (Å²) in [5, 5.41) is 15.3. The molecule has 0 aromatic heterocycles. The maximum atomic E-state index is 12.7. The number of nitro benzene ring substituents is 1. The van der Waals surface area contributed by atoms with Crippen LogP contribution in [0.5, 0.6) is 0 Å². The maximum absolute atomic E-state index is 12.7. The van der Waals surface area contributed by atoms with E-state index < -0.39 is 34.5 Å². The molecule has 1 atom stereocenters. The van der Waals surface area contributed by atoms with Gasteiger partial charge >= 0.3 is 6.18 Å². The fourth-order valence-corrected chi connectivity index (χ4v) is 2.13. The van der Waals surface area contributed by atoms with Crippen LogP contribution in [0.3, 0.4) is 0 Å². The van der Waals surface area contributed by atoms with Crippen LogP contribution >= 0.6 is 0 Å². The van der Waals surface area contributed by atoms with Crippen molar-refractivity contribution in [3.63, 3.8) is 0 Å². The predicted molar refractivity (Wildman–Crippen MR) is 90.1 cm³/mol. The van der Waals surface area contributed by atoms with E-state index in [-0.39, 0.29) is 16.9 Å². The summed E-state index contributed by atoms with van der Waals surface area (Å²) in [6, 6.07) is 7.88. The van der Waals surface area contributed by atoms with Crippen molar-refractivity contribution in [1.82, 2.24) is 5.32 Å². The Bertz CT molecular complexity index is 884. The van der Waals surface area contributed by atoms with Crippen molar-refractivity contribution < 1.29 is 27.7 Å². The molecule has 2 rings (SSSR count). The van der Waals surface area contributed by atoms with Gasteiger partial charge in [-0.15, -0.1) is 0 Å². The minimum atomic E-state index is -4.55. The Morgan fingerprint density at radius 3 is 2.41 bits per heavy atom. The highest BCUT2D eigenvalue weighted by molar-refractivity contribution is 6.01. The number of nitro groups is 1. The van der Waals surface area contributed by atoms with Gasteiger partial charge in [0.25, 0.3) is 11.6 Å². The van der Waals surface area contributed by atoms with Gasteiger partial charge in [-0.05, 0) is 31.2 Å². The molecular formula is C17H14F3N3O4. The molecule has 0 aliphatic rings. The average Bonchev–Trinajstić information content (AvgIpc) is 2.61. The van der Waals surface area contributed by atoms with E-state index in [0.717, 1.165) is 24.3 Å². The molecule has 27 heavy (non-hydrogen) atoms. The monoisotopic (exact) mass is 381 g/mol. The van der Waals surface area contributed by atoms with Crippen molar-refractivity contribution in [2.24, 2.45) is 0 Å². The smallest absolute Gasteiger partial charge is 0.341 e. The topological polar surface area (TPSA) is 101 Å². The summed E-state index contributed by atoms with van der Waals surface area (Å²) in [4.78, 5) is 34.3. The molecule has 0 fully saturated rings. The largest absolute Gasteiger partial charge is 0.416 e. The van der Waals surface area contributed by atoms with Crippen LogP contribution in [0.2, 0.25) is 0 Å². The number of hydrogen-bond donors (Lipinski definition) is 2. The number of anilines is 1. The van der Waals surface area contributed by atoms with E-state index >= 15 is 0 Å². The van der Waals surface area contributed by atoms with E-state index in [4.69, 9.17) is 0 Å². The molecule has 2 aromatic carbocycles. The number of non-ortho nitro benzene ring substituents is 1. The lowest BCUT2D eigenvalue weighted by Crippen LogP contribution is -2.41. The molecule has 0 saturated heterocycles. The number of carbonyl (C=O) groups excluding carboxylic acids is 2. The minimum Gasteiger partial charge on any atom is -0.341 e. The zero-order valence-corrected chi connectivity index (χ0v) is 13.9. The predicted octanol–water partition coefficient (Wildman–Crippen LogP) is 3.37. The van der Waals surface area contributed by atoms with Gasteiger partial charge in [0.15, 0.2) is 0 Å². The van der Waals surface area contributed by atoms with Crippen LogP contribution in [0, 0.1) is 10.1 Å². The van der Waals surface area contributed by atoms with Crippen molar-refractivity contribution in [2.45, 2.75) is 19.1 Å². The van der Waals surface area contributed by atoms with E-state index in [1.807, 2.05) is 0 Å². The third-order valence-corrected chi connectivity index (χ3v) is 3.52. The number of benzene rings is 2. The molecule has 0 aliphatic heterocycles. The Morgan fingerprint density at radius 2 is 1.78 bits per heavy atom. The molecule has 0 bridgehead atoms. The van der Waals surface area contributed by atoms with Crippen LogP contribution in [0.25, 0.3) is 0 Å². The fraction of sp³-hybridized carbons (Fsp3) is 0.176. The van der Waals surface area contributed by atoms with E-state index in [2.05, 4.69) is 10.6 Å². The van der Waals surface area contributed by atoms with Gasteiger partial charge in [-0.1, -0.05) is 12.1 Å². The number of halogens is 3. The van der Waals surface area contributed by atoms with Gasteiger partial charge in [0.05, 0.1) is 10.5 Å². The average molecular weight is 381 g/mol. The van der Waals surface area contributed by atoms with Gasteiger partial charge in [0, 0.05) is 23.4 Å². The molecule has 142 valence electrons. The van der Waals surface area contributed by atoms with Crippen molar-refractivity contribution in [3.05, 3.63) is 69.8 Å². The second-order valence-corrected chi connectivity index (χ2v) is 5.57. The summed E-state index contributed by atoms with van der Waals surface area (Å²) in [6.07, 6.45) is -4.55. The molecule has 2 amide bonds. The Morgan fingerprint density at radius 1 is 1.11 bits per heavy atom. The SMILES string of the molecule is C[C@H](NC(=O)c1cccc([N+](=O)[O-])c1)C(=O)Nc1cccc(C(F)(F)F)c1. The highest BCUT2D eigenvalue weighted by Gasteiger charge is 2.30. The second-order valence-electron chi connectivity index (χ2n) is 5.57. The molecule has 0 saturated carbocycles. The zero-order valence-electron chi connectivity index (χ0n) is 13.9. The number of amides is 2. The number of nitrogens with one attached hydrogen (secondary N) is 2. The Kier molecular flexibility index (Phi) is 5.78. The minimum absolute atomic E-state index is 0.0251. The second kappa shape index (κ2) is 7.85. The van der Waals surface area contributed by atoms with Gasteiger partial charge in [0.1, 0.15) is 6.04 Å². The molecule has 10 heteroatoms. The molecule has 0 aliphatic carbocycles. The molecule has 2 aromatic rings. The van der Waals surface area contributed by atoms with Gasteiger partial charge < -0.3 is 10.6 Å². The van der Waals surface area contributed by atoms with Crippen LogP contribution in [0.15, 0.2) is 48.5 Å². The van der Waals surface area contributed by atoms with E-state index in [0.29, 0.717) is 0 Å². The van der Waals surface area contributed by atoms with Crippen LogP contribution in [0.1, 0.15) is 22.8 Å². The van der Waals surface area contributed by atoms with Crippen molar-refractivity contribution in [1.29, 1.82) is 0 Å². The zero-order chi connectivity index (χ0) is 20.2. The number of rotatable bonds is 5. The Labute approximate surface area is 151 Å². The first-order chi connectivity index (χ1) is 12.6. The standard InChI is InChI=1S/C17H14F3N3O4/c1-10(21-16(25)11-4-2-7-14(8-11)23(26)27)15(24)22-13-6-3-5-12(9-13)17(18,19)20/h2-10H,1H3,(H,21,25)(H,22,24)/t10-/m0/s1. The number of nitrogens with zero attached hydrogens (tertiary/aromatic N) is 1. The third-order valence-electron chi connectivity index (χ3n) is 3.52. The van der Waals surface area contributed by atoms with Crippen LogP contribution < -0.4 is 10.6 Å². The van der Waals surface area contributed by atoms with Gasteiger partial charge in [-0.2, -0.15) is 13.2 Å². The Hall–Kier alpha value is -3.43. The molecule has 0 radical (unpaired) electrons. The van der Waals surface area contributed by atoms with E-state index in [9.17, 15) is 32.9 Å². The summed E-state index contributed by atoms with van der Waals surface area (Å²) >= 11 is 0. The molecule has 7 nitrogen and oxygen atoms in total. The van der Waals surface area contributed by atoms with E-state index in [1.165, 1.54) is 31.2 Å². The first-order valence-corrected chi connectivity index (χ1v) is 7.61. The number of hydrogen-bond acceptors (Lipinski definition) is 4.